The van der Waals surface area contributed by atoms with Crippen LogP contribution in [0.3, 0.4) is 0 Å². The number of aryl methyl sites for hydroxylation is 2. The van der Waals surface area contributed by atoms with Crippen LogP contribution >= 0.6 is 0 Å². The number of aromatic nitrogens is 5. The van der Waals surface area contributed by atoms with Gasteiger partial charge in [-0.15, -0.1) is 10.2 Å². The average molecular weight is 407 g/mol. The number of hydrogen-bond donors (Lipinski definition) is 0. The molecule has 0 bridgehead atoms. The lowest BCUT2D eigenvalue weighted by atomic mass is 9.96. The van der Waals surface area contributed by atoms with Crippen molar-refractivity contribution in [3.63, 3.8) is 0 Å². The Morgan fingerprint density at radius 3 is 2.97 bits per heavy atom. The zero-order valence-corrected chi connectivity index (χ0v) is 17.8. The monoisotopic (exact) mass is 406 g/mol. The molecule has 0 N–H and O–H groups in total. The van der Waals surface area contributed by atoms with Crippen molar-refractivity contribution >= 4 is 5.65 Å². The molecule has 0 spiro atoms. The molecule has 2 aliphatic rings. The first kappa shape index (κ1) is 19.4. The van der Waals surface area contributed by atoms with Crippen molar-refractivity contribution in [3.05, 3.63) is 57.7 Å². The Hall–Kier alpha value is -2.54. The summed E-state index contributed by atoms with van der Waals surface area (Å²) in [6.07, 6.45) is 9.68. The maximum atomic E-state index is 12.9. The molecule has 0 aliphatic carbocycles. The topological polar surface area (TPSA) is 68.3 Å². The van der Waals surface area contributed by atoms with Gasteiger partial charge in [0, 0.05) is 49.4 Å². The molecule has 0 aromatic carbocycles. The smallest absolute Gasteiger partial charge is 0.261 e. The summed E-state index contributed by atoms with van der Waals surface area (Å²) in [6, 6.07) is 5.68. The third kappa shape index (κ3) is 3.67. The van der Waals surface area contributed by atoms with Crippen molar-refractivity contribution in [2.45, 2.75) is 64.3 Å². The molecule has 1 atom stereocenters. The lowest BCUT2D eigenvalue weighted by molar-refractivity contribution is 0.203. The van der Waals surface area contributed by atoms with Crippen LogP contribution in [0, 0.1) is 6.92 Å². The molecule has 1 saturated heterocycles. The van der Waals surface area contributed by atoms with Gasteiger partial charge in [-0.05, 0) is 57.7 Å². The summed E-state index contributed by atoms with van der Waals surface area (Å²) in [5.41, 5.74) is 2.46. The van der Waals surface area contributed by atoms with Crippen LogP contribution in [0.5, 0.6) is 0 Å². The SMILES string of the molecule is Cc1nc2ccccn2c(=O)c1CCN1CCC[C@@H](c2nnc3n2CCCCC3)C1. The fraction of sp³-hybridized carbons (Fsp3) is 0.565. The summed E-state index contributed by atoms with van der Waals surface area (Å²) in [5.74, 6) is 2.79. The van der Waals surface area contributed by atoms with Crippen molar-refractivity contribution in [1.29, 1.82) is 0 Å². The Balaban J connectivity index is 1.31. The molecule has 30 heavy (non-hydrogen) atoms. The Morgan fingerprint density at radius 1 is 1.10 bits per heavy atom. The molecule has 2 aliphatic heterocycles. The van der Waals surface area contributed by atoms with Crippen molar-refractivity contribution < 1.29 is 0 Å². The minimum atomic E-state index is 0.0643. The Morgan fingerprint density at radius 2 is 2.03 bits per heavy atom. The van der Waals surface area contributed by atoms with Gasteiger partial charge in [-0.3, -0.25) is 9.20 Å². The van der Waals surface area contributed by atoms with Crippen LogP contribution in [0.2, 0.25) is 0 Å². The summed E-state index contributed by atoms with van der Waals surface area (Å²) < 4.78 is 4.05. The summed E-state index contributed by atoms with van der Waals surface area (Å²) in [5, 5.41) is 9.11. The van der Waals surface area contributed by atoms with E-state index in [-0.39, 0.29) is 5.56 Å². The van der Waals surface area contributed by atoms with Gasteiger partial charge in [0.05, 0.1) is 0 Å². The van der Waals surface area contributed by atoms with Crippen molar-refractivity contribution in [1.82, 2.24) is 29.0 Å². The van der Waals surface area contributed by atoms with Crippen LogP contribution in [0.4, 0.5) is 0 Å². The highest BCUT2D eigenvalue weighted by molar-refractivity contribution is 5.40. The highest BCUT2D eigenvalue weighted by Gasteiger charge is 2.27. The van der Waals surface area contributed by atoms with Crippen LogP contribution in [-0.2, 0) is 19.4 Å². The van der Waals surface area contributed by atoms with E-state index in [9.17, 15) is 4.79 Å². The molecule has 0 amide bonds. The zero-order valence-electron chi connectivity index (χ0n) is 17.8. The molecular formula is C23H30N6O. The Labute approximate surface area is 176 Å². The zero-order chi connectivity index (χ0) is 20.5. The number of piperidine rings is 1. The predicted octanol–water partition coefficient (Wildman–Crippen LogP) is 2.74. The highest BCUT2D eigenvalue weighted by atomic mass is 16.1. The van der Waals surface area contributed by atoms with E-state index in [1.165, 1.54) is 43.8 Å². The van der Waals surface area contributed by atoms with E-state index in [4.69, 9.17) is 0 Å². The fourth-order valence-corrected chi connectivity index (χ4v) is 5.07. The van der Waals surface area contributed by atoms with E-state index in [1.54, 1.807) is 4.40 Å². The van der Waals surface area contributed by atoms with Gasteiger partial charge in [0.2, 0.25) is 0 Å². The predicted molar refractivity (Wildman–Crippen MR) is 116 cm³/mol. The van der Waals surface area contributed by atoms with E-state index < -0.39 is 0 Å². The van der Waals surface area contributed by atoms with Gasteiger partial charge >= 0.3 is 0 Å². The number of pyridine rings is 1. The molecule has 5 heterocycles. The molecule has 0 radical (unpaired) electrons. The first-order valence-corrected chi connectivity index (χ1v) is 11.3. The second-order valence-corrected chi connectivity index (χ2v) is 8.74. The van der Waals surface area contributed by atoms with Crippen LogP contribution in [0.15, 0.2) is 29.2 Å². The fourth-order valence-electron chi connectivity index (χ4n) is 5.07. The first-order chi connectivity index (χ1) is 14.7. The maximum absolute atomic E-state index is 12.9. The number of nitrogens with zero attached hydrogens (tertiary/aromatic N) is 6. The van der Waals surface area contributed by atoms with Gasteiger partial charge in [0.1, 0.15) is 17.3 Å². The molecule has 3 aromatic heterocycles. The lowest BCUT2D eigenvalue weighted by Crippen LogP contribution is -2.37. The minimum absolute atomic E-state index is 0.0643. The Bertz CT molecular complexity index is 1100. The van der Waals surface area contributed by atoms with Crippen molar-refractivity contribution in [2.75, 3.05) is 19.6 Å². The largest absolute Gasteiger partial charge is 0.315 e. The van der Waals surface area contributed by atoms with Gasteiger partial charge in [-0.2, -0.15) is 0 Å². The third-order valence-corrected chi connectivity index (χ3v) is 6.72. The van der Waals surface area contributed by atoms with Crippen LogP contribution in [-0.4, -0.2) is 48.7 Å². The van der Waals surface area contributed by atoms with Gasteiger partial charge in [0.15, 0.2) is 0 Å². The number of rotatable bonds is 4. The molecule has 7 heteroatoms. The van der Waals surface area contributed by atoms with E-state index >= 15 is 0 Å². The van der Waals surface area contributed by atoms with Gasteiger partial charge in [0.25, 0.3) is 5.56 Å². The molecule has 0 unspecified atom stereocenters. The summed E-state index contributed by atoms with van der Waals surface area (Å²) >= 11 is 0. The van der Waals surface area contributed by atoms with Gasteiger partial charge in [-0.25, -0.2) is 4.98 Å². The maximum Gasteiger partial charge on any atom is 0.261 e. The highest BCUT2D eigenvalue weighted by Crippen LogP contribution is 2.28. The third-order valence-electron chi connectivity index (χ3n) is 6.72. The summed E-state index contributed by atoms with van der Waals surface area (Å²) in [7, 11) is 0. The van der Waals surface area contributed by atoms with E-state index in [1.807, 2.05) is 31.3 Å². The average Bonchev–Trinajstić information content (AvgIpc) is 3.02. The summed E-state index contributed by atoms with van der Waals surface area (Å²) in [6.45, 7) is 5.98. The quantitative estimate of drug-likeness (QED) is 0.666. The van der Waals surface area contributed by atoms with Gasteiger partial charge in [-0.1, -0.05) is 12.5 Å². The minimum Gasteiger partial charge on any atom is -0.315 e. The second kappa shape index (κ2) is 8.30. The standard InChI is InChI=1S/C23H30N6O/c1-17-19(23(30)29-14-6-4-9-20(29)24-17)11-15-27-12-7-8-18(16-27)22-26-25-21-10-3-2-5-13-28(21)22/h4,6,9,14,18H,2-3,5,7-8,10-13,15-16H2,1H3/t18-/m1/s1. The molecule has 158 valence electrons. The molecule has 1 fully saturated rings. The molecular weight excluding hydrogens is 376 g/mol. The second-order valence-electron chi connectivity index (χ2n) is 8.74. The number of hydrogen-bond acceptors (Lipinski definition) is 5. The Kier molecular flexibility index (Phi) is 5.37. The van der Waals surface area contributed by atoms with Crippen LogP contribution in [0.1, 0.15) is 60.9 Å². The van der Waals surface area contributed by atoms with Crippen molar-refractivity contribution in [3.8, 4) is 0 Å². The number of fused-ring (bicyclic) bond motifs is 2. The lowest BCUT2D eigenvalue weighted by Gasteiger charge is -2.32. The van der Waals surface area contributed by atoms with E-state index in [0.29, 0.717) is 11.6 Å². The van der Waals surface area contributed by atoms with Crippen LogP contribution < -0.4 is 5.56 Å². The first-order valence-electron chi connectivity index (χ1n) is 11.3. The molecule has 0 saturated carbocycles. The summed E-state index contributed by atoms with van der Waals surface area (Å²) in [4.78, 5) is 20.1. The number of likely N-dealkylation sites (tertiary alicyclic amines) is 1. The van der Waals surface area contributed by atoms with E-state index in [0.717, 1.165) is 50.3 Å². The van der Waals surface area contributed by atoms with Crippen LogP contribution in [0.25, 0.3) is 5.65 Å². The van der Waals surface area contributed by atoms with E-state index in [2.05, 4.69) is 24.6 Å². The molecule has 5 rings (SSSR count). The molecule has 7 nitrogen and oxygen atoms in total. The van der Waals surface area contributed by atoms with Crippen molar-refractivity contribution in [2.24, 2.45) is 0 Å². The van der Waals surface area contributed by atoms with Gasteiger partial charge < -0.3 is 9.47 Å². The normalized spacial score (nSPS) is 20.2. The molecule has 3 aromatic rings.